The van der Waals surface area contributed by atoms with Gasteiger partial charge in [-0.15, -0.1) is 0 Å². The summed E-state index contributed by atoms with van der Waals surface area (Å²) in [5.41, 5.74) is 0. The molecule has 1 aliphatic rings. The van der Waals surface area contributed by atoms with Crippen LogP contribution in [0.1, 0.15) is 26.7 Å². The number of piperidine rings is 1. The third kappa shape index (κ3) is 2.53. The first-order chi connectivity index (χ1) is 8.43. The summed E-state index contributed by atoms with van der Waals surface area (Å²) >= 11 is 5.68. The Bertz CT molecular complexity index is 515. The smallest absolute Gasteiger partial charge is 0.243 e. The fourth-order valence-corrected chi connectivity index (χ4v) is 4.11. The number of hydrogen-bond acceptors (Lipinski definition) is 3. The molecule has 0 radical (unpaired) electrons. The van der Waals surface area contributed by atoms with Gasteiger partial charge in [0.05, 0.1) is 0 Å². The van der Waals surface area contributed by atoms with Crippen molar-refractivity contribution >= 4 is 21.6 Å². The van der Waals surface area contributed by atoms with E-state index in [-0.39, 0.29) is 10.9 Å². The van der Waals surface area contributed by atoms with Crippen molar-refractivity contribution in [2.24, 2.45) is 5.92 Å². The maximum atomic E-state index is 12.5. The lowest BCUT2D eigenvalue weighted by molar-refractivity contribution is 0.202. The summed E-state index contributed by atoms with van der Waals surface area (Å²) in [7, 11) is -3.45. The highest BCUT2D eigenvalue weighted by Crippen LogP contribution is 2.28. The Labute approximate surface area is 113 Å². The van der Waals surface area contributed by atoms with Crippen molar-refractivity contribution in [1.29, 1.82) is 0 Å². The van der Waals surface area contributed by atoms with Crippen LogP contribution in [0, 0.1) is 5.92 Å². The molecule has 0 amide bonds. The van der Waals surface area contributed by atoms with Crippen LogP contribution in [0.4, 0.5) is 0 Å². The minimum absolute atomic E-state index is 0.0272. The third-order valence-corrected chi connectivity index (χ3v) is 5.82. The summed E-state index contributed by atoms with van der Waals surface area (Å²) in [5, 5.41) is 0.300. The second kappa shape index (κ2) is 5.15. The van der Waals surface area contributed by atoms with Gasteiger partial charge < -0.3 is 0 Å². The summed E-state index contributed by atoms with van der Waals surface area (Å²) in [6, 6.07) is 3.04. The standard InChI is InChI=1S/C12H17ClN2O2S/c1-9-4-3-7-15(10(9)2)18(16,17)11-5-6-12(13)14-8-11/h5-6,8-10H,3-4,7H2,1-2H3. The molecule has 2 heterocycles. The predicted octanol–water partition coefficient (Wildman–Crippen LogP) is 2.54. The van der Waals surface area contributed by atoms with E-state index >= 15 is 0 Å². The van der Waals surface area contributed by atoms with E-state index in [1.54, 1.807) is 4.31 Å². The van der Waals surface area contributed by atoms with Crippen molar-refractivity contribution in [2.75, 3.05) is 6.54 Å². The number of sulfonamides is 1. The van der Waals surface area contributed by atoms with Gasteiger partial charge in [-0.05, 0) is 37.8 Å². The largest absolute Gasteiger partial charge is 0.244 e. The molecule has 1 aromatic rings. The van der Waals surface area contributed by atoms with E-state index in [0.717, 1.165) is 12.8 Å². The maximum absolute atomic E-state index is 12.5. The molecule has 0 aromatic carbocycles. The number of halogens is 1. The van der Waals surface area contributed by atoms with E-state index < -0.39 is 10.0 Å². The minimum Gasteiger partial charge on any atom is -0.243 e. The molecule has 0 saturated carbocycles. The zero-order valence-corrected chi connectivity index (χ0v) is 12.1. The van der Waals surface area contributed by atoms with Gasteiger partial charge in [-0.1, -0.05) is 18.5 Å². The highest BCUT2D eigenvalue weighted by Gasteiger charge is 2.34. The van der Waals surface area contributed by atoms with Crippen LogP contribution >= 0.6 is 11.6 Å². The van der Waals surface area contributed by atoms with E-state index in [2.05, 4.69) is 11.9 Å². The molecular weight excluding hydrogens is 272 g/mol. The third-order valence-electron chi connectivity index (χ3n) is 3.62. The fourth-order valence-electron chi connectivity index (χ4n) is 2.29. The molecule has 0 aliphatic carbocycles. The Balaban J connectivity index is 2.33. The zero-order chi connectivity index (χ0) is 13.3. The van der Waals surface area contributed by atoms with Gasteiger partial charge in [0.1, 0.15) is 10.0 Å². The van der Waals surface area contributed by atoms with E-state index in [9.17, 15) is 8.42 Å². The van der Waals surface area contributed by atoms with E-state index in [1.165, 1.54) is 18.3 Å². The van der Waals surface area contributed by atoms with Crippen LogP contribution in [0.3, 0.4) is 0 Å². The number of nitrogens with zero attached hydrogens (tertiary/aromatic N) is 2. The van der Waals surface area contributed by atoms with Crippen LogP contribution in [-0.2, 0) is 10.0 Å². The van der Waals surface area contributed by atoms with Crippen LogP contribution in [0.25, 0.3) is 0 Å². The molecule has 2 atom stereocenters. The first kappa shape index (κ1) is 13.8. The van der Waals surface area contributed by atoms with Gasteiger partial charge in [-0.3, -0.25) is 0 Å². The molecule has 100 valence electrons. The van der Waals surface area contributed by atoms with Gasteiger partial charge in [0.2, 0.25) is 10.0 Å². The van der Waals surface area contributed by atoms with E-state index in [1.807, 2.05) is 6.92 Å². The quantitative estimate of drug-likeness (QED) is 0.786. The molecule has 2 unspecified atom stereocenters. The Hall–Kier alpha value is -0.650. The number of aromatic nitrogens is 1. The first-order valence-electron chi connectivity index (χ1n) is 6.06. The Morgan fingerprint density at radius 1 is 1.39 bits per heavy atom. The normalized spacial score (nSPS) is 26.2. The predicted molar refractivity (Wildman–Crippen MR) is 71.0 cm³/mol. The topological polar surface area (TPSA) is 50.3 Å². The van der Waals surface area contributed by atoms with Gasteiger partial charge >= 0.3 is 0 Å². The number of hydrogen-bond donors (Lipinski definition) is 0. The Morgan fingerprint density at radius 3 is 2.72 bits per heavy atom. The highest BCUT2D eigenvalue weighted by atomic mass is 35.5. The van der Waals surface area contributed by atoms with Crippen molar-refractivity contribution in [1.82, 2.24) is 9.29 Å². The van der Waals surface area contributed by atoms with Crippen LogP contribution in [0.5, 0.6) is 0 Å². The van der Waals surface area contributed by atoms with Crippen LogP contribution < -0.4 is 0 Å². The molecular formula is C12H17ClN2O2S. The lowest BCUT2D eigenvalue weighted by Crippen LogP contribution is -2.45. The molecule has 1 aromatic heterocycles. The van der Waals surface area contributed by atoms with Gasteiger partial charge in [-0.2, -0.15) is 4.31 Å². The number of pyridine rings is 1. The van der Waals surface area contributed by atoms with Crippen molar-refractivity contribution < 1.29 is 8.42 Å². The average molecular weight is 289 g/mol. The average Bonchev–Trinajstić information content (AvgIpc) is 2.33. The molecule has 0 bridgehead atoms. The first-order valence-corrected chi connectivity index (χ1v) is 7.88. The maximum Gasteiger partial charge on any atom is 0.244 e. The van der Waals surface area contributed by atoms with Crippen molar-refractivity contribution in [3.8, 4) is 0 Å². The molecule has 6 heteroatoms. The molecule has 1 fully saturated rings. The second-order valence-electron chi connectivity index (χ2n) is 4.79. The molecule has 0 spiro atoms. The number of rotatable bonds is 2. The van der Waals surface area contributed by atoms with E-state index in [0.29, 0.717) is 17.6 Å². The summed E-state index contributed by atoms with van der Waals surface area (Å²) in [6.45, 7) is 4.63. The zero-order valence-electron chi connectivity index (χ0n) is 10.5. The van der Waals surface area contributed by atoms with Crippen LogP contribution in [0.15, 0.2) is 23.2 Å². The van der Waals surface area contributed by atoms with Crippen molar-refractivity contribution in [3.05, 3.63) is 23.5 Å². The molecule has 4 nitrogen and oxygen atoms in total. The lowest BCUT2D eigenvalue weighted by Gasteiger charge is -2.36. The molecule has 2 rings (SSSR count). The lowest BCUT2D eigenvalue weighted by atomic mass is 9.94. The Kier molecular flexibility index (Phi) is 3.94. The van der Waals surface area contributed by atoms with Gasteiger partial charge in [-0.25, -0.2) is 13.4 Å². The highest BCUT2D eigenvalue weighted by molar-refractivity contribution is 7.89. The Morgan fingerprint density at radius 2 is 2.11 bits per heavy atom. The summed E-state index contributed by atoms with van der Waals surface area (Å²) in [5.74, 6) is 0.383. The van der Waals surface area contributed by atoms with Crippen LogP contribution in [0.2, 0.25) is 5.15 Å². The second-order valence-corrected chi connectivity index (χ2v) is 7.07. The summed E-state index contributed by atoms with van der Waals surface area (Å²) in [6.07, 6.45) is 3.31. The van der Waals surface area contributed by atoms with Gasteiger partial charge in [0, 0.05) is 18.8 Å². The minimum atomic E-state index is -3.45. The molecule has 18 heavy (non-hydrogen) atoms. The van der Waals surface area contributed by atoms with E-state index in [4.69, 9.17) is 11.6 Å². The summed E-state index contributed by atoms with van der Waals surface area (Å²) in [4.78, 5) is 4.06. The molecule has 1 saturated heterocycles. The fraction of sp³-hybridized carbons (Fsp3) is 0.583. The molecule has 0 N–H and O–H groups in total. The monoisotopic (exact) mass is 288 g/mol. The van der Waals surface area contributed by atoms with Gasteiger partial charge in [0.15, 0.2) is 0 Å². The van der Waals surface area contributed by atoms with Crippen molar-refractivity contribution in [3.63, 3.8) is 0 Å². The molecule has 1 aliphatic heterocycles. The summed E-state index contributed by atoms with van der Waals surface area (Å²) < 4.78 is 26.6. The van der Waals surface area contributed by atoms with Gasteiger partial charge in [0.25, 0.3) is 0 Å². The van der Waals surface area contributed by atoms with Crippen LogP contribution in [-0.4, -0.2) is 30.3 Å². The SMILES string of the molecule is CC1CCCN(S(=O)(=O)c2ccc(Cl)nc2)C1C. The van der Waals surface area contributed by atoms with Crippen molar-refractivity contribution in [2.45, 2.75) is 37.6 Å².